The molecule has 4 aliphatic heterocycles. The first kappa shape index (κ1) is 51.2. The Balaban J connectivity index is 0.756. The third-order valence-electron chi connectivity index (χ3n) is 14.5. The van der Waals surface area contributed by atoms with E-state index in [9.17, 15) is 28.8 Å². The number of hydrogen-bond donors (Lipinski definition) is 4. The number of amides is 5. The van der Waals surface area contributed by atoms with E-state index in [-0.39, 0.29) is 42.0 Å². The van der Waals surface area contributed by atoms with E-state index in [1.54, 1.807) is 18.2 Å². The standard InChI is InChI=1S/C55H70N8O8/c1-5-62(42-19-28-71-29-20-42)48-33-41(32-44(38(48)4)51(65)57-34-45-36(2)31-37(3)58-52(45)66)40-15-13-39(14-16-40)35-61-24-22-60(23-25-61)26-30-70-27-9-7-6-8-21-56-46-12-10-11-43-50(46)55(69)63(54(43)68)47-17-18-49(64)59-53(47)67/h10-16,31-33,42,47,56H,5-9,17-30,34-35H2,1-4H3,(H,57,65)(H,58,66)(H,59,64,67). The van der Waals surface area contributed by atoms with Gasteiger partial charge in [0.2, 0.25) is 11.8 Å². The molecule has 0 aliphatic carbocycles. The summed E-state index contributed by atoms with van der Waals surface area (Å²) < 4.78 is 11.7. The second-order valence-corrected chi connectivity index (χ2v) is 19.4. The summed E-state index contributed by atoms with van der Waals surface area (Å²) in [5.41, 5.74) is 9.03. The molecule has 0 radical (unpaired) electrons. The molecule has 1 atom stereocenters. The number of aromatic nitrogens is 1. The molecular weight excluding hydrogens is 901 g/mol. The van der Waals surface area contributed by atoms with E-state index in [0.717, 1.165) is 136 Å². The number of piperidine rings is 1. The van der Waals surface area contributed by atoms with Crippen LogP contribution < -0.4 is 26.4 Å². The van der Waals surface area contributed by atoms with Gasteiger partial charge in [0, 0.05) is 119 Å². The van der Waals surface area contributed by atoms with E-state index in [1.807, 2.05) is 32.9 Å². The highest BCUT2D eigenvalue weighted by molar-refractivity contribution is 6.25. The normalized spacial score (nSPS) is 17.9. The minimum absolute atomic E-state index is 0.0853. The van der Waals surface area contributed by atoms with Crippen molar-refractivity contribution in [3.8, 4) is 11.1 Å². The lowest BCUT2D eigenvalue weighted by Crippen LogP contribution is -2.54. The topological polar surface area (TPSA) is 186 Å². The van der Waals surface area contributed by atoms with Gasteiger partial charge in [-0.3, -0.25) is 48.8 Å². The molecule has 1 unspecified atom stereocenters. The van der Waals surface area contributed by atoms with Crippen LogP contribution in [0.5, 0.6) is 0 Å². The molecule has 16 nitrogen and oxygen atoms in total. The molecular formula is C55H70N8O8. The number of piperazine rings is 1. The van der Waals surface area contributed by atoms with Crippen LogP contribution in [0.25, 0.3) is 11.1 Å². The van der Waals surface area contributed by atoms with Crippen LogP contribution in [-0.4, -0.2) is 134 Å². The average molecular weight is 971 g/mol. The number of rotatable bonds is 21. The second-order valence-electron chi connectivity index (χ2n) is 19.4. The number of carbonyl (C=O) groups is 5. The van der Waals surface area contributed by atoms with Gasteiger partial charge in [0.25, 0.3) is 23.3 Å². The number of hydrogen-bond acceptors (Lipinski definition) is 12. The largest absolute Gasteiger partial charge is 0.384 e. The number of aromatic amines is 1. The number of anilines is 2. The smallest absolute Gasteiger partial charge is 0.264 e. The van der Waals surface area contributed by atoms with Crippen LogP contribution in [-0.2, 0) is 32.2 Å². The minimum atomic E-state index is -0.985. The van der Waals surface area contributed by atoms with Gasteiger partial charge in [-0.1, -0.05) is 43.2 Å². The Kier molecular flexibility index (Phi) is 17.2. The molecule has 1 aromatic heterocycles. The van der Waals surface area contributed by atoms with Gasteiger partial charge in [-0.05, 0) is 118 Å². The molecule has 0 bridgehead atoms. The summed E-state index contributed by atoms with van der Waals surface area (Å²) in [4.78, 5) is 88.6. The molecule has 8 rings (SSSR count). The van der Waals surface area contributed by atoms with Crippen molar-refractivity contribution in [1.82, 2.24) is 30.3 Å². The van der Waals surface area contributed by atoms with Gasteiger partial charge < -0.3 is 30.0 Å². The van der Waals surface area contributed by atoms with E-state index < -0.39 is 29.7 Å². The highest BCUT2D eigenvalue weighted by Crippen LogP contribution is 2.35. The number of nitrogens with zero attached hydrogens (tertiary/aromatic N) is 4. The zero-order chi connectivity index (χ0) is 50.0. The van der Waals surface area contributed by atoms with Crippen LogP contribution in [0.3, 0.4) is 0 Å². The molecule has 4 aromatic rings. The number of H-pyrrole nitrogens is 1. The van der Waals surface area contributed by atoms with Gasteiger partial charge in [0.05, 0.1) is 17.7 Å². The first-order valence-corrected chi connectivity index (χ1v) is 25.6. The summed E-state index contributed by atoms with van der Waals surface area (Å²) in [5, 5.41) is 8.63. The number of ether oxygens (including phenoxy) is 2. The van der Waals surface area contributed by atoms with Gasteiger partial charge >= 0.3 is 0 Å². The third-order valence-corrected chi connectivity index (χ3v) is 14.5. The molecule has 4 aliphatic rings. The summed E-state index contributed by atoms with van der Waals surface area (Å²) in [5.74, 6) is -2.22. The Morgan fingerprint density at radius 2 is 1.58 bits per heavy atom. The molecule has 3 fully saturated rings. The molecule has 0 saturated carbocycles. The first-order valence-electron chi connectivity index (χ1n) is 25.6. The molecule has 378 valence electrons. The van der Waals surface area contributed by atoms with Crippen molar-refractivity contribution in [1.29, 1.82) is 0 Å². The Morgan fingerprint density at radius 1 is 0.831 bits per heavy atom. The van der Waals surface area contributed by atoms with E-state index in [0.29, 0.717) is 42.6 Å². The Hall–Kier alpha value is -6.20. The fraction of sp³-hybridized carbons (Fsp3) is 0.491. The maximum absolute atomic E-state index is 14.0. The number of nitrogens with one attached hydrogen (secondary N) is 4. The van der Waals surface area contributed by atoms with E-state index in [2.05, 4.69) is 72.9 Å². The van der Waals surface area contributed by atoms with Crippen molar-refractivity contribution in [3.05, 3.63) is 116 Å². The van der Waals surface area contributed by atoms with Gasteiger partial charge in [0.15, 0.2) is 0 Å². The van der Waals surface area contributed by atoms with Crippen molar-refractivity contribution in [2.75, 3.05) is 82.5 Å². The van der Waals surface area contributed by atoms with Gasteiger partial charge in [0.1, 0.15) is 6.04 Å². The highest BCUT2D eigenvalue weighted by atomic mass is 16.5. The molecule has 5 amide bonds. The molecule has 0 spiro atoms. The van der Waals surface area contributed by atoms with Crippen LogP contribution >= 0.6 is 0 Å². The van der Waals surface area contributed by atoms with E-state index in [1.165, 1.54) is 5.56 Å². The van der Waals surface area contributed by atoms with Crippen LogP contribution in [0, 0.1) is 20.8 Å². The summed E-state index contributed by atoms with van der Waals surface area (Å²) >= 11 is 0. The molecule has 5 heterocycles. The van der Waals surface area contributed by atoms with E-state index >= 15 is 0 Å². The number of unbranched alkanes of at least 4 members (excludes halogenated alkanes) is 3. The Bertz CT molecular complexity index is 2640. The minimum Gasteiger partial charge on any atom is -0.384 e. The molecule has 71 heavy (non-hydrogen) atoms. The second kappa shape index (κ2) is 23.8. The zero-order valence-corrected chi connectivity index (χ0v) is 41.8. The Labute approximate surface area is 416 Å². The maximum atomic E-state index is 14.0. The monoisotopic (exact) mass is 971 g/mol. The first-order chi connectivity index (χ1) is 34.4. The zero-order valence-electron chi connectivity index (χ0n) is 41.8. The summed E-state index contributed by atoms with van der Waals surface area (Å²) in [6, 6.07) is 19.3. The lowest BCUT2D eigenvalue weighted by atomic mass is 9.94. The van der Waals surface area contributed by atoms with Crippen LogP contribution in [0.2, 0.25) is 0 Å². The van der Waals surface area contributed by atoms with Crippen molar-refractivity contribution in [3.63, 3.8) is 0 Å². The number of carbonyl (C=O) groups excluding carboxylic acids is 5. The SMILES string of the molecule is CCN(c1cc(-c2ccc(CN3CCN(CCOCCCCCCNc4cccc5c4C(=O)N(C4CCC(=O)NC4=O)C5=O)CC3)cc2)cc(C(=O)NCc2c(C)cc(C)[nH]c2=O)c1C)C1CCOCC1. The molecule has 3 saturated heterocycles. The van der Waals surface area contributed by atoms with Gasteiger partial charge in [-0.2, -0.15) is 0 Å². The third kappa shape index (κ3) is 12.3. The fourth-order valence-corrected chi connectivity index (χ4v) is 10.5. The van der Waals surface area contributed by atoms with Crippen molar-refractivity contribution in [2.24, 2.45) is 0 Å². The van der Waals surface area contributed by atoms with Crippen molar-refractivity contribution >= 4 is 40.9 Å². The van der Waals surface area contributed by atoms with Crippen LogP contribution in [0.4, 0.5) is 11.4 Å². The maximum Gasteiger partial charge on any atom is 0.264 e. The average Bonchev–Trinajstić information content (AvgIpc) is 3.62. The van der Waals surface area contributed by atoms with Gasteiger partial charge in [-0.15, -0.1) is 0 Å². The van der Waals surface area contributed by atoms with Gasteiger partial charge in [-0.25, -0.2) is 0 Å². The number of fused-ring (bicyclic) bond motifs is 1. The molecule has 16 heteroatoms. The van der Waals surface area contributed by atoms with Crippen molar-refractivity contribution in [2.45, 2.75) is 104 Å². The van der Waals surface area contributed by atoms with Crippen LogP contribution in [0.1, 0.15) is 117 Å². The van der Waals surface area contributed by atoms with E-state index in [4.69, 9.17) is 9.47 Å². The number of benzene rings is 3. The summed E-state index contributed by atoms with van der Waals surface area (Å²) in [6.45, 7) is 18.1. The molecule has 4 N–H and O–H groups in total. The number of imide groups is 2. The Morgan fingerprint density at radius 3 is 2.31 bits per heavy atom. The quantitative estimate of drug-likeness (QED) is 0.0556. The number of pyridine rings is 1. The number of aryl methyl sites for hydroxylation is 2. The fourth-order valence-electron chi connectivity index (χ4n) is 10.5. The highest BCUT2D eigenvalue weighted by Gasteiger charge is 2.45. The van der Waals surface area contributed by atoms with Crippen molar-refractivity contribution < 1.29 is 33.4 Å². The molecule has 3 aromatic carbocycles. The summed E-state index contributed by atoms with van der Waals surface area (Å²) in [6.07, 6.45) is 5.95. The predicted molar refractivity (Wildman–Crippen MR) is 274 cm³/mol. The predicted octanol–water partition coefficient (Wildman–Crippen LogP) is 6.11. The lowest BCUT2D eigenvalue weighted by Gasteiger charge is -2.37. The summed E-state index contributed by atoms with van der Waals surface area (Å²) in [7, 11) is 0. The lowest BCUT2D eigenvalue weighted by molar-refractivity contribution is -0.136. The van der Waals surface area contributed by atoms with Crippen LogP contribution in [0.15, 0.2) is 65.5 Å².